The lowest BCUT2D eigenvalue weighted by Gasteiger charge is -2.24. The fourth-order valence-corrected chi connectivity index (χ4v) is 2.41. The molecule has 5 heteroatoms. The van der Waals surface area contributed by atoms with Gasteiger partial charge in [-0.25, -0.2) is 14.4 Å². The van der Waals surface area contributed by atoms with Gasteiger partial charge >= 0.3 is 0 Å². The Kier molecular flexibility index (Phi) is 4.73. The Labute approximate surface area is 125 Å². The Balaban J connectivity index is 2.32. The first-order chi connectivity index (χ1) is 10.0. The second kappa shape index (κ2) is 6.52. The molecule has 21 heavy (non-hydrogen) atoms. The van der Waals surface area contributed by atoms with Gasteiger partial charge in [0, 0.05) is 26.2 Å². The van der Waals surface area contributed by atoms with Crippen molar-refractivity contribution in [3.8, 4) is 0 Å². The molecule has 0 aliphatic rings. The van der Waals surface area contributed by atoms with Crippen LogP contribution in [0.25, 0.3) is 0 Å². The van der Waals surface area contributed by atoms with Crippen LogP contribution in [0.15, 0.2) is 30.6 Å². The molecule has 0 atom stereocenters. The largest absolute Gasteiger partial charge is 0.373 e. The summed E-state index contributed by atoms with van der Waals surface area (Å²) in [5, 5.41) is 3.11. The van der Waals surface area contributed by atoms with Crippen LogP contribution in [0.4, 0.5) is 16.0 Å². The molecule has 0 saturated heterocycles. The fourth-order valence-electron chi connectivity index (χ4n) is 2.41. The third kappa shape index (κ3) is 3.48. The molecule has 0 aliphatic heterocycles. The zero-order valence-electron chi connectivity index (χ0n) is 12.9. The molecule has 112 valence electrons. The van der Waals surface area contributed by atoms with Crippen LogP contribution in [0.3, 0.4) is 0 Å². The normalized spacial score (nSPS) is 10.8. The van der Waals surface area contributed by atoms with Crippen LogP contribution in [-0.4, -0.2) is 24.1 Å². The van der Waals surface area contributed by atoms with Gasteiger partial charge in [-0.2, -0.15) is 0 Å². The van der Waals surface area contributed by atoms with Gasteiger partial charge in [0.2, 0.25) is 0 Å². The van der Waals surface area contributed by atoms with Crippen LogP contribution in [0.5, 0.6) is 0 Å². The van der Waals surface area contributed by atoms with Gasteiger partial charge in [0.25, 0.3) is 0 Å². The molecule has 0 aliphatic carbocycles. The first-order valence-electron chi connectivity index (χ1n) is 7.01. The smallest absolute Gasteiger partial charge is 0.137 e. The summed E-state index contributed by atoms with van der Waals surface area (Å²) >= 11 is 0. The summed E-state index contributed by atoms with van der Waals surface area (Å²) in [5.41, 5.74) is 1.98. The van der Waals surface area contributed by atoms with E-state index in [1.807, 2.05) is 25.1 Å². The second-order valence-corrected chi connectivity index (χ2v) is 5.35. The number of rotatable bonds is 5. The molecule has 0 saturated carbocycles. The lowest BCUT2D eigenvalue weighted by atomic mass is 10.0. The van der Waals surface area contributed by atoms with Gasteiger partial charge in [-0.3, -0.25) is 0 Å². The highest BCUT2D eigenvalue weighted by Crippen LogP contribution is 2.30. The van der Waals surface area contributed by atoms with E-state index in [1.54, 1.807) is 18.5 Å². The average Bonchev–Trinajstić information content (AvgIpc) is 2.46. The molecule has 4 nitrogen and oxygen atoms in total. The van der Waals surface area contributed by atoms with E-state index in [9.17, 15) is 4.39 Å². The third-order valence-corrected chi connectivity index (χ3v) is 3.35. The van der Waals surface area contributed by atoms with Crippen molar-refractivity contribution in [1.82, 2.24) is 9.97 Å². The summed E-state index contributed by atoms with van der Waals surface area (Å²) in [4.78, 5) is 10.7. The summed E-state index contributed by atoms with van der Waals surface area (Å²) in [6, 6.07) is 6.63. The molecular weight excluding hydrogens is 267 g/mol. The first kappa shape index (κ1) is 15.2. The number of benzene rings is 1. The van der Waals surface area contributed by atoms with Crippen LogP contribution in [-0.2, 0) is 6.54 Å². The molecule has 1 heterocycles. The molecule has 0 amide bonds. The van der Waals surface area contributed by atoms with Crippen molar-refractivity contribution >= 4 is 11.6 Å². The van der Waals surface area contributed by atoms with E-state index in [1.165, 1.54) is 6.07 Å². The summed E-state index contributed by atoms with van der Waals surface area (Å²) in [6.07, 6.45) is 1.55. The van der Waals surface area contributed by atoms with Crippen molar-refractivity contribution in [1.29, 1.82) is 0 Å². The maximum Gasteiger partial charge on any atom is 0.137 e. The fraction of sp³-hybridized carbons (Fsp3) is 0.375. The molecule has 1 aromatic carbocycles. The Bertz CT molecular complexity index is 613. The van der Waals surface area contributed by atoms with E-state index >= 15 is 0 Å². The van der Waals surface area contributed by atoms with E-state index in [-0.39, 0.29) is 5.82 Å². The van der Waals surface area contributed by atoms with Crippen LogP contribution in [0.2, 0.25) is 0 Å². The molecule has 1 aromatic heterocycles. The Morgan fingerprint density at radius 2 is 2.05 bits per heavy atom. The average molecular weight is 288 g/mol. The SMILES string of the molecule is CNc1ncnc(N(C)Cc2cccc(F)c2)c1C(C)C. The highest BCUT2D eigenvalue weighted by molar-refractivity contribution is 5.59. The van der Waals surface area contributed by atoms with Gasteiger partial charge in [-0.1, -0.05) is 26.0 Å². The minimum absolute atomic E-state index is 0.219. The lowest BCUT2D eigenvalue weighted by molar-refractivity contribution is 0.625. The zero-order chi connectivity index (χ0) is 15.4. The Hall–Kier alpha value is -2.17. The molecule has 1 N–H and O–H groups in total. The molecule has 0 radical (unpaired) electrons. The van der Waals surface area contributed by atoms with Crippen molar-refractivity contribution in [2.24, 2.45) is 0 Å². The maximum absolute atomic E-state index is 13.3. The first-order valence-corrected chi connectivity index (χ1v) is 7.01. The molecule has 2 aromatic rings. The molecule has 0 fully saturated rings. The molecule has 0 bridgehead atoms. The number of nitrogens with one attached hydrogen (secondary N) is 1. The maximum atomic E-state index is 13.3. The van der Waals surface area contributed by atoms with E-state index < -0.39 is 0 Å². The van der Waals surface area contributed by atoms with Crippen LogP contribution >= 0.6 is 0 Å². The zero-order valence-corrected chi connectivity index (χ0v) is 12.9. The number of aromatic nitrogens is 2. The van der Waals surface area contributed by atoms with Crippen LogP contribution in [0.1, 0.15) is 30.9 Å². The van der Waals surface area contributed by atoms with Crippen LogP contribution < -0.4 is 10.2 Å². The lowest BCUT2D eigenvalue weighted by Crippen LogP contribution is -2.21. The standard InChI is InChI=1S/C16H21FN4/c1-11(2)14-15(18-3)19-10-20-16(14)21(4)9-12-6-5-7-13(17)8-12/h5-8,10-11H,9H2,1-4H3,(H,18,19,20). The van der Waals surface area contributed by atoms with Gasteiger partial charge in [-0.15, -0.1) is 0 Å². The van der Waals surface area contributed by atoms with Crippen molar-refractivity contribution < 1.29 is 4.39 Å². The highest BCUT2D eigenvalue weighted by atomic mass is 19.1. The van der Waals surface area contributed by atoms with E-state index in [0.29, 0.717) is 12.5 Å². The van der Waals surface area contributed by atoms with Gasteiger partial charge in [0.05, 0.1) is 0 Å². The quantitative estimate of drug-likeness (QED) is 0.915. The number of nitrogens with zero attached hydrogens (tertiary/aromatic N) is 3. The topological polar surface area (TPSA) is 41.1 Å². The van der Waals surface area contributed by atoms with Crippen molar-refractivity contribution in [2.75, 3.05) is 24.3 Å². The van der Waals surface area contributed by atoms with Crippen molar-refractivity contribution in [2.45, 2.75) is 26.3 Å². The Morgan fingerprint density at radius 3 is 2.67 bits per heavy atom. The number of hydrogen-bond acceptors (Lipinski definition) is 4. The predicted octanol–water partition coefficient (Wildman–Crippen LogP) is 3.42. The third-order valence-electron chi connectivity index (χ3n) is 3.35. The number of hydrogen-bond donors (Lipinski definition) is 1. The molecule has 2 rings (SSSR count). The monoisotopic (exact) mass is 288 g/mol. The summed E-state index contributed by atoms with van der Waals surface area (Å²) in [5.74, 6) is 1.77. The van der Waals surface area contributed by atoms with E-state index in [4.69, 9.17) is 0 Å². The van der Waals surface area contributed by atoms with E-state index in [0.717, 1.165) is 22.8 Å². The Morgan fingerprint density at radius 1 is 1.29 bits per heavy atom. The number of anilines is 2. The highest BCUT2D eigenvalue weighted by Gasteiger charge is 2.17. The summed E-state index contributed by atoms with van der Waals surface area (Å²) in [7, 11) is 3.81. The van der Waals surface area contributed by atoms with Gasteiger partial charge < -0.3 is 10.2 Å². The minimum Gasteiger partial charge on any atom is -0.373 e. The predicted molar refractivity (Wildman–Crippen MR) is 84.2 cm³/mol. The number of halogens is 1. The van der Waals surface area contributed by atoms with Gasteiger partial charge in [0.1, 0.15) is 23.8 Å². The van der Waals surface area contributed by atoms with Crippen LogP contribution in [0, 0.1) is 5.82 Å². The van der Waals surface area contributed by atoms with Crippen molar-refractivity contribution in [3.05, 3.63) is 47.5 Å². The molecular formula is C16H21FN4. The summed E-state index contributed by atoms with van der Waals surface area (Å²) < 4.78 is 13.3. The second-order valence-electron chi connectivity index (χ2n) is 5.35. The molecule has 0 unspecified atom stereocenters. The summed E-state index contributed by atoms with van der Waals surface area (Å²) in [6.45, 7) is 4.82. The minimum atomic E-state index is -0.219. The molecule has 0 spiro atoms. The van der Waals surface area contributed by atoms with Crippen molar-refractivity contribution in [3.63, 3.8) is 0 Å². The van der Waals surface area contributed by atoms with E-state index in [2.05, 4.69) is 29.1 Å². The van der Waals surface area contributed by atoms with Gasteiger partial charge in [0.15, 0.2) is 0 Å². The van der Waals surface area contributed by atoms with Gasteiger partial charge in [-0.05, 0) is 23.6 Å².